The van der Waals surface area contributed by atoms with Crippen LogP contribution in [0.15, 0.2) is 30.3 Å². The Balaban J connectivity index is 1.79. The quantitative estimate of drug-likeness (QED) is 0.690. The fourth-order valence-corrected chi connectivity index (χ4v) is 3.03. The number of fused-ring (bicyclic) bond motifs is 1. The van der Waals surface area contributed by atoms with Crippen molar-refractivity contribution in [3.8, 4) is 0 Å². The molecule has 2 saturated heterocycles. The highest BCUT2D eigenvalue weighted by atomic mass is 16.5. The molecule has 7 nitrogen and oxygen atoms in total. The lowest BCUT2D eigenvalue weighted by Gasteiger charge is -2.35. The second-order valence-electron chi connectivity index (χ2n) is 5.52. The molecule has 0 aromatic heterocycles. The summed E-state index contributed by atoms with van der Waals surface area (Å²) in [5, 5.41) is 1.54. The van der Waals surface area contributed by atoms with Gasteiger partial charge in [0.15, 0.2) is 0 Å². The van der Waals surface area contributed by atoms with Gasteiger partial charge in [0.05, 0.1) is 18.2 Å². The maximum absolute atomic E-state index is 12.7. The Bertz CT molecular complexity index is 565. The van der Waals surface area contributed by atoms with Crippen molar-refractivity contribution in [2.45, 2.75) is 26.1 Å². The van der Waals surface area contributed by atoms with Crippen molar-refractivity contribution < 1.29 is 14.3 Å². The van der Waals surface area contributed by atoms with Crippen LogP contribution in [0.1, 0.15) is 13.8 Å². The van der Waals surface area contributed by atoms with E-state index in [4.69, 9.17) is 4.74 Å². The number of rotatable bonds is 3. The molecular formula is C15H20N4O3. The summed E-state index contributed by atoms with van der Waals surface area (Å²) >= 11 is 0. The maximum atomic E-state index is 12.7. The van der Waals surface area contributed by atoms with Crippen LogP contribution >= 0.6 is 0 Å². The first-order valence-corrected chi connectivity index (χ1v) is 7.46. The third-order valence-corrected chi connectivity index (χ3v) is 4.17. The van der Waals surface area contributed by atoms with Gasteiger partial charge in [-0.1, -0.05) is 25.1 Å². The summed E-state index contributed by atoms with van der Waals surface area (Å²) in [6.45, 7) is 3.97. The van der Waals surface area contributed by atoms with Crippen molar-refractivity contribution in [2.75, 3.05) is 11.6 Å². The molecule has 7 heteroatoms. The number of hydrazine groups is 2. The largest absolute Gasteiger partial charge is 0.465 e. The molecule has 0 bridgehead atoms. The van der Waals surface area contributed by atoms with E-state index in [1.165, 1.54) is 5.01 Å². The Morgan fingerprint density at radius 3 is 2.68 bits per heavy atom. The summed E-state index contributed by atoms with van der Waals surface area (Å²) in [6.07, 6.45) is -0.256. The molecule has 118 valence electrons. The molecule has 22 heavy (non-hydrogen) atoms. The van der Waals surface area contributed by atoms with Crippen LogP contribution in [0, 0.1) is 11.8 Å². The minimum atomic E-state index is -0.539. The molecule has 0 spiro atoms. The first kappa shape index (κ1) is 15.0. The Morgan fingerprint density at radius 2 is 2.00 bits per heavy atom. The van der Waals surface area contributed by atoms with Crippen LogP contribution in [0.2, 0.25) is 0 Å². The van der Waals surface area contributed by atoms with Crippen LogP contribution in [0.3, 0.4) is 0 Å². The number of hydrogen-bond acceptors (Lipinski definition) is 6. The molecule has 2 aliphatic rings. The van der Waals surface area contributed by atoms with Crippen LogP contribution in [0.25, 0.3) is 0 Å². The predicted octanol–water partition coefficient (Wildman–Crippen LogP) is 0.156. The Kier molecular flexibility index (Phi) is 4.10. The zero-order valence-corrected chi connectivity index (χ0v) is 12.6. The fraction of sp³-hybridized carbons (Fsp3) is 0.467. The number of benzene rings is 1. The average Bonchev–Trinajstić information content (AvgIpc) is 2.86. The topological polar surface area (TPSA) is 82.7 Å². The fourth-order valence-electron chi connectivity index (χ4n) is 3.03. The van der Waals surface area contributed by atoms with E-state index in [2.05, 4.69) is 16.3 Å². The Morgan fingerprint density at radius 1 is 1.27 bits per heavy atom. The van der Waals surface area contributed by atoms with E-state index < -0.39 is 6.04 Å². The Hall–Kier alpha value is -1.96. The van der Waals surface area contributed by atoms with Gasteiger partial charge in [0, 0.05) is 0 Å². The van der Waals surface area contributed by atoms with Crippen LogP contribution in [0.5, 0.6) is 0 Å². The van der Waals surface area contributed by atoms with Crippen molar-refractivity contribution >= 4 is 17.6 Å². The zero-order chi connectivity index (χ0) is 15.7. The average molecular weight is 304 g/mol. The highest BCUT2D eigenvalue weighted by molar-refractivity contribution is 5.97. The summed E-state index contributed by atoms with van der Waals surface area (Å²) in [5.74, 6) is -0.909. The van der Waals surface area contributed by atoms with Gasteiger partial charge < -0.3 is 4.74 Å². The molecule has 2 fully saturated rings. The van der Waals surface area contributed by atoms with Gasteiger partial charge in [0.1, 0.15) is 12.2 Å². The van der Waals surface area contributed by atoms with E-state index >= 15 is 0 Å². The van der Waals surface area contributed by atoms with E-state index in [0.717, 1.165) is 5.69 Å². The summed E-state index contributed by atoms with van der Waals surface area (Å²) in [5.41, 5.74) is 9.88. The third kappa shape index (κ3) is 2.47. The lowest BCUT2D eigenvalue weighted by atomic mass is 9.84. The molecule has 2 aliphatic heterocycles. The van der Waals surface area contributed by atoms with E-state index in [-0.39, 0.29) is 29.9 Å². The molecule has 1 amide bonds. The summed E-state index contributed by atoms with van der Waals surface area (Å²) in [7, 11) is 0. The molecule has 2 heterocycles. The number of para-hydroxylation sites is 1. The molecular weight excluding hydrogens is 284 g/mol. The minimum absolute atomic E-state index is 0.0491. The van der Waals surface area contributed by atoms with Gasteiger partial charge in [-0.05, 0) is 25.0 Å². The van der Waals surface area contributed by atoms with Crippen LogP contribution < -0.4 is 21.3 Å². The number of hydrogen-bond donors (Lipinski definition) is 3. The molecule has 4 unspecified atom stereocenters. The lowest BCUT2D eigenvalue weighted by Crippen LogP contribution is -2.65. The molecule has 4 atom stereocenters. The smallest absolute Gasteiger partial charge is 0.324 e. The van der Waals surface area contributed by atoms with Gasteiger partial charge in [0.25, 0.3) is 0 Å². The molecule has 1 aromatic rings. The zero-order valence-electron chi connectivity index (χ0n) is 12.6. The lowest BCUT2D eigenvalue weighted by molar-refractivity contribution is -0.150. The first-order valence-electron chi connectivity index (χ1n) is 7.46. The number of nitrogens with one attached hydrogen (secondary N) is 3. The molecule has 3 rings (SSSR count). The molecule has 0 saturated carbocycles. The van der Waals surface area contributed by atoms with Crippen LogP contribution in [-0.4, -0.2) is 30.7 Å². The predicted molar refractivity (Wildman–Crippen MR) is 80.2 cm³/mol. The normalized spacial score (nSPS) is 31.0. The van der Waals surface area contributed by atoms with Crippen molar-refractivity contribution in [2.24, 2.45) is 11.8 Å². The van der Waals surface area contributed by atoms with E-state index in [9.17, 15) is 9.59 Å². The maximum Gasteiger partial charge on any atom is 0.324 e. The first-order chi connectivity index (χ1) is 10.6. The van der Waals surface area contributed by atoms with Gasteiger partial charge in [-0.25, -0.2) is 21.3 Å². The number of nitrogens with zero attached hydrogens (tertiary/aromatic N) is 1. The summed E-state index contributed by atoms with van der Waals surface area (Å²) in [4.78, 5) is 24.7. The number of ether oxygens (including phenoxy) is 1. The number of esters is 1. The number of carbonyl (C=O) groups is 2. The van der Waals surface area contributed by atoms with E-state index in [0.29, 0.717) is 6.61 Å². The SMILES string of the molecule is CCOC(=O)C1NNC2NN(c3ccccc3)C(=O)C2C1C. The molecule has 1 aromatic carbocycles. The standard InChI is InChI=1S/C15H20N4O3/c1-3-22-15(21)12-9(2)11-13(17-16-12)18-19(14(11)20)10-7-5-4-6-8-10/h4-9,11-13,16-18H,3H2,1-2H3. The van der Waals surface area contributed by atoms with Crippen molar-refractivity contribution in [1.82, 2.24) is 16.3 Å². The minimum Gasteiger partial charge on any atom is -0.465 e. The van der Waals surface area contributed by atoms with Crippen molar-refractivity contribution in [1.29, 1.82) is 0 Å². The molecule has 0 radical (unpaired) electrons. The van der Waals surface area contributed by atoms with Gasteiger partial charge in [-0.3, -0.25) is 9.59 Å². The van der Waals surface area contributed by atoms with Crippen LogP contribution in [0.4, 0.5) is 5.69 Å². The third-order valence-electron chi connectivity index (χ3n) is 4.17. The number of anilines is 1. The summed E-state index contributed by atoms with van der Waals surface area (Å²) in [6, 6.07) is 8.84. The molecule has 3 N–H and O–H groups in total. The second kappa shape index (κ2) is 6.04. The van der Waals surface area contributed by atoms with Crippen LogP contribution in [-0.2, 0) is 14.3 Å². The summed E-state index contributed by atoms with van der Waals surface area (Å²) < 4.78 is 5.06. The Labute approximate surface area is 128 Å². The highest BCUT2D eigenvalue weighted by Crippen LogP contribution is 2.31. The van der Waals surface area contributed by atoms with E-state index in [1.807, 2.05) is 37.3 Å². The van der Waals surface area contributed by atoms with Crippen molar-refractivity contribution in [3.05, 3.63) is 30.3 Å². The van der Waals surface area contributed by atoms with Gasteiger partial charge in [-0.15, -0.1) is 0 Å². The second-order valence-corrected chi connectivity index (χ2v) is 5.52. The monoisotopic (exact) mass is 304 g/mol. The van der Waals surface area contributed by atoms with Crippen molar-refractivity contribution in [3.63, 3.8) is 0 Å². The number of amides is 1. The molecule has 0 aliphatic carbocycles. The highest BCUT2D eigenvalue weighted by Gasteiger charge is 2.50. The number of carbonyl (C=O) groups excluding carboxylic acids is 2. The van der Waals surface area contributed by atoms with Gasteiger partial charge in [-0.2, -0.15) is 0 Å². The van der Waals surface area contributed by atoms with Gasteiger partial charge >= 0.3 is 5.97 Å². The van der Waals surface area contributed by atoms with Gasteiger partial charge in [0.2, 0.25) is 5.91 Å². The van der Waals surface area contributed by atoms with E-state index in [1.54, 1.807) is 6.92 Å².